The molecule has 0 saturated carbocycles. The summed E-state index contributed by atoms with van der Waals surface area (Å²) in [5.74, 6) is 0.976. The second-order valence-corrected chi connectivity index (χ2v) is 7.08. The Morgan fingerprint density at radius 2 is 2.12 bits per heavy atom. The van der Waals surface area contributed by atoms with Crippen molar-refractivity contribution in [2.24, 2.45) is 4.99 Å². The summed E-state index contributed by atoms with van der Waals surface area (Å²) in [6.45, 7) is 3.50. The monoisotopic (exact) mass is 370 g/mol. The number of ether oxygens (including phenoxy) is 1. The summed E-state index contributed by atoms with van der Waals surface area (Å²) in [7, 11) is 1.75. The molecule has 0 aromatic heterocycles. The molecule has 0 aliphatic carbocycles. The Hall–Kier alpha value is -2.08. The van der Waals surface area contributed by atoms with Crippen LogP contribution in [-0.4, -0.2) is 50.1 Å². The van der Waals surface area contributed by atoms with E-state index in [1.54, 1.807) is 7.11 Å². The van der Waals surface area contributed by atoms with Crippen LogP contribution in [0.5, 0.6) is 0 Å². The minimum absolute atomic E-state index is 0.389. The Balaban J connectivity index is 1.73. The Morgan fingerprint density at radius 1 is 1.23 bits per heavy atom. The van der Waals surface area contributed by atoms with Crippen molar-refractivity contribution in [3.63, 3.8) is 0 Å². The molecule has 2 heterocycles. The fourth-order valence-corrected chi connectivity index (χ4v) is 3.69. The molecule has 6 heteroatoms. The molecule has 1 fully saturated rings. The highest BCUT2D eigenvalue weighted by Crippen LogP contribution is 2.35. The number of hydrogen-bond donors (Lipinski definition) is 2. The number of hydrogen-bond acceptors (Lipinski definition) is 5. The number of halogens is 1. The minimum Gasteiger partial charge on any atom is -0.385 e. The number of rotatable bonds is 3. The van der Waals surface area contributed by atoms with E-state index in [4.69, 9.17) is 21.3 Å². The zero-order chi connectivity index (χ0) is 17.9. The van der Waals surface area contributed by atoms with Gasteiger partial charge in [-0.05, 0) is 36.8 Å². The van der Waals surface area contributed by atoms with Crippen LogP contribution in [0, 0.1) is 0 Å². The predicted octanol–water partition coefficient (Wildman–Crippen LogP) is 3.79. The van der Waals surface area contributed by atoms with E-state index in [1.807, 2.05) is 36.4 Å². The smallest absolute Gasteiger partial charge is 0.138 e. The van der Waals surface area contributed by atoms with Crippen LogP contribution in [0.1, 0.15) is 12.0 Å². The lowest BCUT2D eigenvalue weighted by atomic mass is 10.1. The topological polar surface area (TPSA) is 48.9 Å². The number of nitrogens with one attached hydrogen (secondary N) is 2. The molecule has 136 valence electrons. The fourth-order valence-electron chi connectivity index (χ4n) is 3.52. The third-order valence-corrected chi connectivity index (χ3v) is 5.08. The maximum Gasteiger partial charge on any atom is 0.138 e. The number of amidine groups is 1. The quantitative estimate of drug-likeness (QED) is 0.863. The molecule has 0 amide bonds. The standard InChI is InChI=1S/C20H23ClN4O/c1-26-11-8-15-13-25(10-9-22-15)20-16-12-14(21)6-7-17(16)23-18-4-2-3-5-19(18)24-20/h2-7,12,15,22-23H,8-11,13H2,1H3. The third-order valence-electron chi connectivity index (χ3n) is 4.85. The summed E-state index contributed by atoms with van der Waals surface area (Å²) in [5, 5.41) is 7.80. The van der Waals surface area contributed by atoms with Gasteiger partial charge in [-0.15, -0.1) is 0 Å². The first kappa shape index (κ1) is 17.3. The second-order valence-electron chi connectivity index (χ2n) is 6.65. The van der Waals surface area contributed by atoms with Gasteiger partial charge >= 0.3 is 0 Å². The highest BCUT2D eigenvalue weighted by atomic mass is 35.5. The SMILES string of the molecule is COCCC1CN(C2=Nc3ccccc3Nc3ccc(Cl)cc32)CCN1. The average molecular weight is 371 g/mol. The minimum atomic E-state index is 0.389. The van der Waals surface area contributed by atoms with Crippen molar-refractivity contribution in [1.29, 1.82) is 0 Å². The molecular weight excluding hydrogens is 348 g/mol. The lowest BCUT2D eigenvalue weighted by molar-refractivity contribution is 0.168. The van der Waals surface area contributed by atoms with Gasteiger partial charge in [-0.3, -0.25) is 0 Å². The number of piperazine rings is 1. The van der Waals surface area contributed by atoms with Crippen LogP contribution in [-0.2, 0) is 4.74 Å². The van der Waals surface area contributed by atoms with Crippen LogP contribution in [0.15, 0.2) is 47.5 Å². The summed E-state index contributed by atoms with van der Waals surface area (Å²) in [6.07, 6.45) is 0.984. The Labute approximate surface area is 159 Å². The molecule has 0 radical (unpaired) electrons. The molecule has 2 aromatic carbocycles. The van der Waals surface area contributed by atoms with Gasteiger partial charge in [0.15, 0.2) is 0 Å². The van der Waals surface area contributed by atoms with Gasteiger partial charge in [0.25, 0.3) is 0 Å². The molecule has 1 atom stereocenters. The molecule has 5 nitrogen and oxygen atoms in total. The van der Waals surface area contributed by atoms with Crippen molar-refractivity contribution in [3.8, 4) is 0 Å². The van der Waals surface area contributed by atoms with Crippen LogP contribution in [0.2, 0.25) is 5.02 Å². The van der Waals surface area contributed by atoms with Crippen LogP contribution >= 0.6 is 11.6 Å². The molecular formula is C20H23ClN4O. The Bertz CT molecular complexity index is 823. The van der Waals surface area contributed by atoms with E-state index in [0.29, 0.717) is 6.04 Å². The van der Waals surface area contributed by atoms with E-state index in [2.05, 4.69) is 21.6 Å². The van der Waals surface area contributed by atoms with Crippen molar-refractivity contribution in [2.45, 2.75) is 12.5 Å². The first-order chi connectivity index (χ1) is 12.7. The highest BCUT2D eigenvalue weighted by molar-refractivity contribution is 6.31. The van der Waals surface area contributed by atoms with E-state index in [-0.39, 0.29) is 0 Å². The largest absolute Gasteiger partial charge is 0.385 e. The summed E-state index contributed by atoms with van der Waals surface area (Å²) in [6, 6.07) is 14.5. The van der Waals surface area contributed by atoms with E-state index >= 15 is 0 Å². The predicted molar refractivity (Wildman–Crippen MR) is 107 cm³/mol. The summed E-state index contributed by atoms with van der Waals surface area (Å²) >= 11 is 6.31. The molecule has 1 saturated heterocycles. The third kappa shape index (κ3) is 3.56. The van der Waals surface area contributed by atoms with Crippen LogP contribution in [0.25, 0.3) is 0 Å². The van der Waals surface area contributed by atoms with Crippen molar-refractivity contribution in [3.05, 3.63) is 53.1 Å². The van der Waals surface area contributed by atoms with E-state index in [9.17, 15) is 0 Å². The van der Waals surface area contributed by atoms with Crippen molar-refractivity contribution < 1.29 is 4.74 Å². The molecule has 26 heavy (non-hydrogen) atoms. The van der Waals surface area contributed by atoms with Gasteiger partial charge in [0.05, 0.1) is 11.4 Å². The fraction of sp³-hybridized carbons (Fsp3) is 0.350. The summed E-state index contributed by atoms with van der Waals surface area (Å²) < 4.78 is 5.25. The van der Waals surface area contributed by atoms with E-state index in [0.717, 1.165) is 66.1 Å². The molecule has 2 N–H and O–H groups in total. The highest BCUT2D eigenvalue weighted by Gasteiger charge is 2.26. The van der Waals surface area contributed by atoms with Gasteiger partial charge in [-0.2, -0.15) is 0 Å². The number of benzene rings is 2. The van der Waals surface area contributed by atoms with Crippen molar-refractivity contribution in [2.75, 3.05) is 38.7 Å². The Morgan fingerprint density at radius 3 is 3.00 bits per heavy atom. The number of anilines is 2. The molecule has 0 bridgehead atoms. The van der Waals surface area contributed by atoms with E-state index < -0.39 is 0 Å². The van der Waals surface area contributed by atoms with E-state index in [1.165, 1.54) is 0 Å². The first-order valence-corrected chi connectivity index (χ1v) is 9.34. The first-order valence-electron chi connectivity index (χ1n) is 8.96. The summed E-state index contributed by atoms with van der Waals surface area (Å²) in [4.78, 5) is 7.38. The van der Waals surface area contributed by atoms with Crippen LogP contribution < -0.4 is 10.6 Å². The zero-order valence-electron chi connectivity index (χ0n) is 14.8. The molecule has 2 aliphatic rings. The maximum absolute atomic E-state index is 6.31. The molecule has 2 aromatic rings. The number of methoxy groups -OCH3 is 1. The molecule has 1 unspecified atom stereocenters. The number of para-hydroxylation sites is 2. The van der Waals surface area contributed by atoms with Gasteiger partial charge in [0.2, 0.25) is 0 Å². The Kier molecular flexibility index (Phi) is 5.11. The van der Waals surface area contributed by atoms with Gasteiger partial charge in [-0.25, -0.2) is 4.99 Å². The second kappa shape index (κ2) is 7.66. The maximum atomic E-state index is 6.31. The normalized spacial score (nSPS) is 19.1. The lowest BCUT2D eigenvalue weighted by Gasteiger charge is -2.36. The van der Waals surface area contributed by atoms with Gasteiger partial charge < -0.3 is 20.3 Å². The van der Waals surface area contributed by atoms with Gasteiger partial charge in [0.1, 0.15) is 5.84 Å². The van der Waals surface area contributed by atoms with Crippen LogP contribution in [0.3, 0.4) is 0 Å². The van der Waals surface area contributed by atoms with Crippen LogP contribution in [0.4, 0.5) is 17.1 Å². The lowest BCUT2D eigenvalue weighted by Crippen LogP contribution is -2.53. The molecule has 4 rings (SSSR count). The number of aliphatic imine (C=N–C) groups is 1. The van der Waals surface area contributed by atoms with Gasteiger partial charge in [-0.1, -0.05) is 23.7 Å². The molecule has 2 aliphatic heterocycles. The number of fused-ring (bicyclic) bond motifs is 2. The van der Waals surface area contributed by atoms with Crippen molar-refractivity contribution >= 4 is 34.5 Å². The summed E-state index contributed by atoms with van der Waals surface area (Å²) in [5.41, 5.74) is 4.03. The average Bonchev–Trinajstić information content (AvgIpc) is 2.83. The molecule has 0 spiro atoms. The van der Waals surface area contributed by atoms with Crippen molar-refractivity contribution in [1.82, 2.24) is 10.2 Å². The van der Waals surface area contributed by atoms with Gasteiger partial charge in [0, 0.05) is 55.7 Å². The number of nitrogens with zero attached hydrogens (tertiary/aromatic N) is 2. The zero-order valence-corrected chi connectivity index (χ0v) is 15.6.